The molecule has 132 valence electrons. The zero-order valence-electron chi connectivity index (χ0n) is 15.4. The molecule has 4 bridgehead atoms. The molecule has 0 aromatic rings. The number of unbranched alkanes of at least 4 members (excludes halogenated alkanes) is 5. The van der Waals surface area contributed by atoms with Crippen LogP contribution in [0.4, 0.5) is 0 Å². The maximum Gasteiger partial charge on any atom is 0.220 e. The molecule has 23 heavy (non-hydrogen) atoms. The van der Waals surface area contributed by atoms with Crippen LogP contribution in [0.2, 0.25) is 0 Å². The maximum absolute atomic E-state index is 12.3. The lowest BCUT2D eigenvalue weighted by Crippen LogP contribution is -2.55. The van der Waals surface area contributed by atoms with Gasteiger partial charge in [-0.15, -0.1) is 0 Å². The van der Waals surface area contributed by atoms with Crippen molar-refractivity contribution in [1.82, 2.24) is 5.32 Å². The molecule has 1 unspecified atom stereocenters. The first-order chi connectivity index (χ1) is 11.1. The molecule has 0 spiro atoms. The van der Waals surface area contributed by atoms with E-state index >= 15 is 0 Å². The van der Waals surface area contributed by atoms with Crippen LogP contribution in [0.5, 0.6) is 0 Å². The summed E-state index contributed by atoms with van der Waals surface area (Å²) in [6.45, 7) is 4.55. The van der Waals surface area contributed by atoms with Gasteiger partial charge in [0.05, 0.1) is 0 Å². The van der Waals surface area contributed by atoms with Gasteiger partial charge in [0.1, 0.15) is 0 Å². The molecule has 2 nitrogen and oxygen atoms in total. The molecule has 0 aromatic carbocycles. The third kappa shape index (κ3) is 4.12. The minimum Gasteiger partial charge on any atom is -0.353 e. The van der Waals surface area contributed by atoms with Gasteiger partial charge in [0.2, 0.25) is 5.91 Å². The number of amides is 1. The highest BCUT2D eigenvalue weighted by Crippen LogP contribution is 2.61. The quantitative estimate of drug-likeness (QED) is 0.562. The van der Waals surface area contributed by atoms with Crippen LogP contribution in [0.25, 0.3) is 0 Å². The summed E-state index contributed by atoms with van der Waals surface area (Å²) in [5.41, 5.74) is 0.450. The Kier molecular flexibility index (Phi) is 5.69. The summed E-state index contributed by atoms with van der Waals surface area (Å²) in [5, 5.41) is 3.40. The van der Waals surface area contributed by atoms with Crippen molar-refractivity contribution in [2.75, 3.05) is 0 Å². The van der Waals surface area contributed by atoms with Gasteiger partial charge in [-0.1, -0.05) is 39.0 Å². The molecular formula is C21H37NO. The number of hydrogen-bond acceptors (Lipinski definition) is 1. The molecule has 4 saturated carbocycles. The second kappa shape index (κ2) is 7.57. The molecule has 0 heterocycles. The zero-order valence-corrected chi connectivity index (χ0v) is 15.4. The van der Waals surface area contributed by atoms with E-state index in [2.05, 4.69) is 19.2 Å². The van der Waals surface area contributed by atoms with E-state index in [0.29, 0.717) is 17.4 Å². The maximum atomic E-state index is 12.3. The van der Waals surface area contributed by atoms with Crippen LogP contribution in [0.3, 0.4) is 0 Å². The molecule has 0 saturated heterocycles. The highest BCUT2D eigenvalue weighted by atomic mass is 16.1. The smallest absolute Gasteiger partial charge is 0.220 e. The first kappa shape index (κ1) is 17.3. The molecule has 0 radical (unpaired) electrons. The van der Waals surface area contributed by atoms with Crippen LogP contribution in [0, 0.1) is 23.2 Å². The molecule has 1 atom stereocenters. The molecule has 2 heteroatoms. The van der Waals surface area contributed by atoms with Gasteiger partial charge in [0, 0.05) is 12.5 Å². The first-order valence-electron chi connectivity index (χ1n) is 10.4. The van der Waals surface area contributed by atoms with Gasteiger partial charge in [-0.2, -0.15) is 0 Å². The number of carbonyl (C=O) groups is 1. The van der Waals surface area contributed by atoms with E-state index in [1.165, 1.54) is 70.6 Å². The summed E-state index contributed by atoms with van der Waals surface area (Å²) in [6, 6.07) is 0.392. The number of rotatable bonds is 9. The fourth-order valence-electron chi connectivity index (χ4n) is 6.24. The lowest BCUT2D eigenvalue weighted by atomic mass is 9.48. The minimum atomic E-state index is 0.309. The molecule has 1 N–H and O–H groups in total. The van der Waals surface area contributed by atoms with E-state index in [1.54, 1.807) is 0 Å². The SMILES string of the molecule is CCCCCCCCC(=O)NC(C)C12CC3CC(CC(C3)C1)C2. The van der Waals surface area contributed by atoms with Crippen LogP contribution in [0.1, 0.15) is 97.3 Å². The van der Waals surface area contributed by atoms with Gasteiger partial charge >= 0.3 is 0 Å². The first-order valence-corrected chi connectivity index (χ1v) is 10.4. The Balaban J connectivity index is 1.40. The van der Waals surface area contributed by atoms with Crippen LogP contribution < -0.4 is 5.32 Å². The van der Waals surface area contributed by atoms with Crippen LogP contribution in [-0.2, 0) is 4.79 Å². The Hall–Kier alpha value is -0.530. The van der Waals surface area contributed by atoms with Crippen LogP contribution >= 0.6 is 0 Å². The van der Waals surface area contributed by atoms with Gasteiger partial charge in [0.15, 0.2) is 0 Å². The second-order valence-corrected chi connectivity index (χ2v) is 9.09. The number of hydrogen-bond donors (Lipinski definition) is 1. The van der Waals surface area contributed by atoms with Crippen molar-refractivity contribution in [3.63, 3.8) is 0 Å². The Morgan fingerprint density at radius 3 is 2.04 bits per heavy atom. The van der Waals surface area contributed by atoms with E-state index in [4.69, 9.17) is 0 Å². The minimum absolute atomic E-state index is 0.309. The second-order valence-electron chi connectivity index (χ2n) is 9.09. The molecule has 4 fully saturated rings. The summed E-state index contributed by atoms with van der Waals surface area (Å²) in [4.78, 5) is 12.3. The molecule has 4 rings (SSSR count). The summed E-state index contributed by atoms with van der Waals surface area (Å²) in [7, 11) is 0. The third-order valence-electron chi connectivity index (χ3n) is 7.14. The summed E-state index contributed by atoms with van der Waals surface area (Å²) < 4.78 is 0. The van der Waals surface area contributed by atoms with Gasteiger partial charge in [0.25, 0.3) is 0 Å². The average molecular weight is 320 g/mol. The van der Waals surface area contributed by atoms with Crippen LogP contribution in [0.15, 0.2) is 0 Å². The molecular weight excluding hydrogens is 282 g/mol. The van der Waals surface area contributed by atoms with Crippen molar-refractivity contribution in [2.24, 2.45) is 23.2 Å². The topological polar surface area (TPSA) is 29.1 Å². The third-order valence-corrected chi connectivity index (χ3v) is 7.14. The molecule has 4 aliphatic carbocycles. The van der Waals surface area contributed by atoms with E-state index < -0.39 is 0 Å². The number of carbonyl (C=O) groups excluding carboxylic acids is 1. The van der Waals surface area contributed by atoms with E-state index in [9.17, 15) is 4.79 Å². The van der Waals surface area contributed by atoms with Crippen molar-refractivity contribution in [2.45, 2.75) is 103 Å². The van der Waals surface area contributed by atoms with E-state index in [0.717, 1.165) is 30.6 Å². The monoisotopic (exact) mass is 319 g/mol. The van der Waals surface area contributed by atoms with Gasteiger partial charge in [-0.3, -0.25) is 4.79 Å². The summed E-state index contributed by atoms with van der Waals surface area (Å²) >= 11 is 0. The van der Waals surface area contributed by atoms with Crippen molar-refractivity contribution in [1.29, 1.82) is 0 Å². The van der Waals surface area contributed by atoms with E-state index in [1.807, 2.05) is 0 Å². The lowest BCUT2D eigenvalue weighted by Gasteiger charge is -2.59. The lowest BCUT2D eigenvalue weighted by molar-refractivity contribution is -0.126. The van der Waals surface area contributed by atoms with E-state index in [-0.39, 0.29) is 0 Å². The number of nitrogens with one attached hydrogen (secondary N) is 1. The van der Waals surface area contributed by atoms with Gasteiger partial charge in [-0.25, -0.2) is 0 Å². The summed E-state index contributed by atoms with van der Waals surface area (Å²) in [5.74, 6) is 3.22. The molecule has 0 aromatic heterocycles. The predicted octanol–water partition coefficient (Wildman–Crippen LogP) is 5.46. The Labute approximate surface area is 143 Å². The zero-order chi connectivity index (χ0) is 16.3. The Morgan fingerprint density at radius 2 is 1.48 bits per heavy atom. The van der Waals surface area contributed by atoms with Crippen molar-refractivity contribution in [3.05, 3.63) is 0 Å². The average Bonchev–Trinajstić information content (AvgIpc) is 2.49. The fraction of sp³-hybridized carbons (Fsp3) is 0.952. The largest absolute Gasteiger partial charge is 0.353 e. The molecule has 0 aliphatic heterocycles. The van der Waals surface area contributed by atoms with Crippen molar-refractivity contribution in [3.8, 4) is 0 Å². The normalized spacial score (nSPS) is 36.2. The highest BCUT2D eigenvalue weighted by molar-refractivity contribution is 5.76. The molecule has 1 amide bonds. The Bertz CT molecular complexity index is 367. The predicted molar refractivity (Wildman–Crippen MR) is 96.2 cm³/mol. The highest BCUT2D eigenvalue weighted by Gasteiger charge is 2.53. The van der Waals surface area contributed by atoms with Crippen molar-refractivity contribution >= 4 is 5.91 Å². The summed E-state index contributed by atoms with van der Waals surface area (Å²) in [6.07, 6.45) is 16.9. The standard InChI is InChI=1S/C21H37NO/c1-3-4-5-6-7-8-9-20(23)22-16(2)21-13-17-10-18(14-21)12-19(11-17)15-21/h16-19H,3-15H2,1-2H3,(H,22,23). The fourth-order valence-corrected chi connectivity index (χ4v) is 6.24. The Morgan fingerprint density at radius 1 is 0.957 bits per heavy atom. The van der Waals surface area contributed by atoms with Gasteiger partial charge in [-0.05, 0) is 75.0 Å². The van der Waals surface area contributed by atoms with Gasteiger partial charge < -0.3 is 5.32 Å². The van der Waals surface area contributed by atoms with Crippen molar-refractivity contribution < 1.29 is 4.79 Å². The van der Waals surface area contributed by atoms with Crippen LogP contribution in [-0.4, -0.2) is 11.9 Å². The molecule has 4 aliphatic rings.